The van der Waals surface area contributed by atoms with E-state index in [0.717, 1.165) is 11.1 Å². The standard InChI is InChI=1S/C21H28N4O3/c1-6-17-18(14(5)26)13(4)24-19(17)20(27)22-11-15-7-9-16(10-8-15)25-21(28)23-12(2)3/h7-10,12,24H,6,11H2,1-5H3,(H,22,27)(H2,23,25,28). The van der Waals surface area contributed by atoms with Gasteiger partial charge in [-0.2, -0.15) is 0 Å². The number of carbonyl (C=O) groups is 3. The van der Waals surface area contributed by atoms with Gasteiger partial charge in [0.2, 0.25) is 0 Å². The molecule has 2 rings (SSSR count). The van der Waals surface area contributed by atoms with Crippen LogP contribution in [0.2, 0.25) is 0 Å². The summed E-state index contributed by atoms with van der Waals surface area (Å²) in [4.78, 5) is 39.2. The SMILES string of the molecule is CCc1c(C(=O)NCc2ccc(NC(=O)NC(C)C)cc2)[nH]c(C)c1C(C)=O. The zero-order valence-electron chi connectivity index (χ0n) is 17.0. The van der Waals surface area contributed by atoms with Crippen LogP contribution in [0.3, 0.4) is 0 Å². The summed E-state index contributed by atoms with van der Waals surface area (Å²) in [5.41, 5.74) is 4.07. The third-order valence-corrected chi connectivity index (χ3v) is 4.31. The third-order valence-electron chi connectivity index (χ3n) is 4.31. The van der Waals surface area contributed by atoms with Gasteiger partial charge in [-0.15, -0.1) is 0 Å². The van der Waals surface area contributed by atoms with Gasteiger partial charge in [-0.3, -0.25) is 9.59 Å². The van der Waals surface area contributed by atoms with E-state index in [2.05, 4.69) is 20.9 Å². The Balaban J connectivity index is 2.01. The van der Waals surface area contributed by atoms with Gasteiger partial charge >= 0.3 is 6.03 Å². The summed E-state index contributed by atoms with van der Waals surface area (Å²) in [6, 6.07) is 7.05. The van der Waals surface area contributed by atoms with Gasteiger partial charge in [0.25, 0.3) is 5.91 Å². The first kappa shape index (κ1) is 21.2. The molecule has 28 heavy (non-hydrogen) atoms. The van der Waals surface area contributed by atoms with E-state index >= 15 is 0 Å². The van der Waals surface area contributed by atoms with Crippen LogP contribution in [0.4, 0.5) is 10.5 Å². The normalized spacial score (nSPS) is 10.6. The number of aromatic amines is 1. The first-order valence-electron chi connectivity index (χ1n) is 9.39. The summed E-state index contributed by atoms with van der Waals surface area (Å²) in [5, 5.41) is 8.38. The molecule has 0 aliphatic carbocycles. The Bertz CT molecular complexity index is 867. The Labute approximate surface area is 165 Å². The molecule has 0 saturated carbocycles. The molecule has 0 unspecified atom stereocenters. The van der Waals surface area contributed by atoms with Crippen LogP contribution in [0.5, 0.6) is 0 Å². The fraction of sp³-hybridized carbons (Fsp3) is 0.381. The number of benzene rings is 1. The minimum atomic E-state index is -0.258. The molecule has 7 heteroatoms. The first-order chi connectivity index (χ1) is 13.2. The average molecular weight is 384 g/mol. The van der Waals surface area contributed by atoms with Gasteiger partial charge in [0.05, 0.1) is 0 Å². The molecule has 0 saturated heterocycles. The molecular weight excluding hydrogens is 356 g/mol. The Morgan fingerprint density at radius 2 is 1.75 bits per heavy atom. The maximum absolute atomic E-state index is 12.6. The van der Waals surface area contributed by atoms with E-state index in [0.29, 0.717) is 35.6 Å². The lowest BCUT2D eigenvalue weighted by atomic mass is 10.0. The Morgan fingerprint density at radius 3 is 2.29 bits per heavy atom. The number of H-pyrrole nitrogens is 1. The molecule has 1 aromatic heterocycles. The summed E-state index contributed by atoms with van der Waals surface area (Å²) in [7, 11) is 0. The number of urea groups is 1. The molecule has 150 valence electrons. The third kappa shape index (κ3) is 5.22. The lowest BCUT2D eigenvalue weighted by Crippen LogP contribution is -2.34. The number of Topliss-reactive ketones (excluding diaryl/α,β-unsaturated/α-hetero) is 1. The zero-order chi connectivity index (χ0) is 20.8. The van der Waals surface area contributed by atoms with Gasteiger partial charge in [-0.1, -0.05) is 19.1 Å². The molecule has 7 nitrogen and oxygen atoms in total. The van der Waals surface area contributed by atoms with E-state index in [9.17, 15) is 14.4 Å². The predicted molar refractivity (Wildman–Crippen MR) is 110 cm³/mol. The Morgan fingerprint density at radius 1 is 1.11 bits per heavy atom. The van der Waals surface area contributed by atoms with Gasteiger partial charge in [0.15, 0.2) is 5.78 Å². The van der Waals surface area contributed by atoms with Gasteiger partial charge in [0.1, 0.15) is 5.69 Å². The molecule has 0 radical (unpaired) electrons. The topological polar surface area (TPSA) is 103 Å². The molecular formula is C21H28N4O3. The molecule has 0 spiro atoms. The molecule has 0 bridgehead atoms. The zero-order valence-corrected chi connectivity index (χ0v) is 17.0. The van der Waals surface area contributed by atoms with Gasteiger partial charge in [-0.25, -0.2) is 4.79 Å². The van der Waals surface area contributed by atoms with Crippen LogP contribution in [-0.2, 0) is 13.0 Å². The second kappa shape index (κ2) is 9.21. The molecule has 0 aliphatic rings. The number of nitrogens with one attached hydrogen (secondary N) is 4. The number of hydrogen-bond acceptors (Lipinski definition) is 3. The number of rotatable bonds is 7. The average Bonchev–Trinajstić information content (AvgIpc) is 2.96. The highest BCUT2D eigenvalue weighted by atomic mass is 16.2. The van der Waals surface area contributed by atoms with E-state index in [1.165, 1.54) is 6.92 Å². The minimum absolute atomic E-state index is 0.0470. The van der Waals surface area contributed by atoms with Crippen LogP contribution < -0.4 is 16.0 Å². The number of aryl methyl sites for hydroxylation is 1. The van der Waals surface area contributed by atoms with Gasteiger partial charge in [-0.05, 0) is 57.4 Å². The lowest BCUT2D eigenvalue weighted by Gasteiger charge is -2.11. The van der Waals surface area contributed by atoms with Crippen molar-refractivity contribution in [3.63, 3.8) is 0 Å². The van der Waals surface area contributed by atoms with Crippen molar-refractivity contribution in [3.8, 4) is 0 Å². The predicted octanol–water partition coefficient (Wildman–Crippen LogP) is 3.55. The number of carbonyl (C=O) groups excluding carboxylic acids is 3. The molecule has 1 aromatic carbocycles. The maximum Gasteiger partial charge on any atom is 0.319 e. The lowest BCUT2D eigenvalue weighted by molar-refractivity contribution is 0.0945. The summed E-state index contributed by atoms with van der Waals surface area (Å²) in [6.07, 6.45) is 0.598. The smallest absolute Gasteiger partial charge is 0.319 e. The number of ketones is 1. The van der Waals surface area contributed by atoms with Crippen LogP contribution in [-0.4, -0.2) is 28.7 Å². The molecule has 0 aliphatic heterocycles. The molecule has 0 atom stereocenters. The second-order valence-electron chi connectivity index (χ2n) is 7.02. The Kier molecular flexibility index (Phi) is 6.98. The molecule has 0 fully saturated rings. The summed E-state index contributed by atoms with van der Waals surface area (Å²) >= 11 is 0. The minimum Gasteiger partial charge on any atom is -0.354 e. The number of anilines is 1. The van der Waals surface area contributed by atoms with E-state index < -0.39 is 0 Å². The largest absolute Gasteiger partial charge is 0.354 e. The highest BCUT2D eigenvalue weighted by Gasteiger charge is 2.21. The van der Waals surface area contributed by atoms with Crippen molar-refractivity contribution in [2.24, 2.45) is 0 Å². The summed E-state index contributed by atoms with van der Waals surface area (Å²) < 4.78 is 0. The van der Waals surface area contributed by atoms with E-state index in [1.807, 2.05) is 32.9 Å². The number of aromatic nitrogens is 1. The second-order valence-corrected chi connectivity index (χ2v) is 7.02. The van der Waals surface area contributed by atoms with Crippen molar-refractivity contribution in [2.75, 3.05) is 5.32 Å². The highest BCUT2D eigenvalue weighted by molar-refractivity contribution is 6.02. The number of hydrogen-bond donors (Lipinski definition) is 4. The van der Waals surface area contributed by atoms with Crippen molar-refractivity contribution in [1.29, 1.82) is 0 Å². The fourth-order valence-electron chi connectivity index (χ4n) is 3.11. The fourth-order valence-corrected chi connectivity index (χ4v) is 3.11. The summed E-state index contributed by atoms with van der Waals surface area (Å²) in [5.74, 6) is -0.291. The van der Waals surface area contributed by atoms with Crippen molar-refractivity contribution in [1.82, 2.24) is 15.6 Å². The van der Waals surface area contributed by atoms with Crippen LogP contribution in [0.15, 0.2) is 24.3 Å². The highest BCUT2D eigenvalue weighted by Crippen LogP contribution is 2.20. The van der Waals surface area contributed by atoms with E-state index in [-0.39, 0.29) is 23.8 Å². The molecule has 4 N–H and O–H groups in total. The quantitative estimate of drug-likeness (QED) is 0.549. The van der Waals surface area contributed by atoms with Crippen molar-refractivity contribution >= 4 is 23.4 Å². The molecule has 1 heterocycles. The van der Waals surface area contributed by atoms with E-state index in [1.54, 1.807) is 19.1 Å². The van der Waals surface area contributed by atoms with Crippen LogP contribution in [0, 0.1) is 6.92 Å². The van der Waals surface area contributed by atoms with Crippen molar-refractivity contribution < 1.29 is 14.4 Å². The summed E-state index contributed by atoms with van der Waals surface area (Å²) in [6.45, 7) is 9.35. The molecule has 3 amide bonds. The maximum atomic E-state index is 12.6. The van der Waals surface area contributed by atoms with Crippen LogP contribution in [0.1, 0.15) is 65.4 Å². The van der Waals surface area contributed by atoms with Gasteiger partial charge < -0.3 is 20.9 Å². The molecule has 2 aromatic rings. The van der Waals surface area contributed by atoms with Gasteiger partial charge in [0, 0.05) is 29.5 Å². The van der Waals surface area contributed by atoms with Crippen molar-refractivity contribution in [2.45, 2.75) is 53.6 Å². The van der Waals surface area contributed by atoms with Crippen LogP contribution >= 0.6 is 0 Å². The van der Waals surface area contributed by atoms with Crippen LogP contribution in [0.25, 0.3) is 0 Å². The number of amides is 3. The van der Waals surface area contributed by atoms with Crippen molar-refractivity contribution in [3.05, 3.63) is 52.3 Å². The Hall–Kier alpha value is -3.09. The van der Waals surface area contributed by atoms with E-state index in [4.69, 9.17) is 0 Å². The first-order valence-corrected chi connectivity index (χ1v) is 9.39. The monoisotopic (exact) mass is 384 g/mol.